The van der Waals surface area contributed by atoms with Crippen LogP contribution in [-0.4, -0.2) is 26.9 Å². The lowest BCUT2D eigenvalue weighted by Gasteiger charge is -2.25. The zero-order valence-electron chi connectivity index (χ0n) is 19.6. The second-order valence-corrected chi connectivity index (χ2v) is 9.53. The molecule has 2 aromatic carbocycles. The number of methoxy groups -OCH3 is 1. The van der Waals surface area contributed by atoms with Crippen LogP contribution in [0.15, 0.2) is 64.4 Å². The summed E-state index contributed by atoms with van der Waals surface area (Å²) < 4.78 is 26.8. The zero-order chi connectivity index (χ0) is 24.0. The monoisotopic (exact) mass is 493 g/mol. The number of nitrogens with zero attached hydrogens (tertiary/aromatic N) is 4. The Balaban J connectivity index is 1.31. The van der Waals surface area contributed by atoms with E-state index in [1.54, 1.807) is 37.3 Å². The van der Waals surface area contributed by atoms with Crippen molar-refractivity contribution in [2.45, 2.75) is 55.6 Å². The molecule has 0 amide bonds. The highest BCUT2D eigenvalue weighted by atomic mass is 32.2. The Bertz CT molecular complexity index is 1270. The highest BCUT2D eigenvalue weighted by Crippen LogP contribution is 2.34. The van der Waals surface area contributed by atoms with Gasteiger partial charge in [0.2, 0.25) is 5.89 Å². The largest absolute Gasteiger partial charge is 0.497 e. The Morgan fingerprint density at radius 3 is 2.80 bits per heavy atom. The van der Waals surface area contributed by atoms with Gasteiger partial charge in [0, 0.05) is 29.1 Å². The quantitative estimate of drug-likeness (QED) is 0.267. The summed E-state index contributed by atoms with van der Waals surface area (Å²) in [4.78, 5) is 4.54. The maximum Gasteiger partial charge on any atom is 0.226 e. The van der Waals surface area contributed by atoms with E-state index in [1.165, 1.54) is 31.4 Å². The lowest BCUT2D eigenvalue weighted by molar-refractivity contribution is 0.330. The molecule has 0 saturated heterocycles. The summed E-state index contributed by atoms with van der Waals surface area (Å²) in [5.41, 5.74) is 2.38. The van der Waals surface area contributed by atoms with Crippen molar-refractivity contribution in [3.05, 3.63) is 72.1 Å². The van der Waals surface area contributed by atoms with Crippen LogP contribution in [0.4, 0.5) is 10.1 Å². The zero-order valence-corrected chi connectivity index (χ0v) is 20.4. The molecule has 1 saturated carbocycles. The second kappa shape index (κ2) is 10.9. The lowest BCUT2D eigenvalue weighted by atomic mass is 9.95. The van der Waals surface area contributed by atoms with Gasteiger partial charge in [-0.25, -0.2) is 9.37 Å². The summed E-state index contributed by atoms with van der Waals surface area (Å²) in [6.45, 7) is 0.574. The number of nitrogens with one attached hydrogen (secondary N) is 1. The van der Waals surface area contributed by atoms with Crippen molar-refractivity contribution in [3.8, 4) is 17.2 Å². The first-order valence-corrected chi connectivity index (χ1v) is 12.8. The van der Waals surface area contributed by atoms with Crippen molar-refractivity contribution in [1.29, 1.82) is 0 Å². The van der Waals surface area contributed by atoms with Crippen LogP contribution in [0.1, 0.15) is 49.7 Å². The molecule has 182 valence electrons. The molecule has 0 aliphatic heterocycles. The van der Waals surface area contributed by atoms with E-state index in [1.807, 2.05) is 24.3 Å². The van der Waals surface area contributed by atoms with Crippen LogP contribution >= 0.6 is 11.8 Å². The minimum Gasteiger partial charge on any atom is -0.497 e. The Morgan fingerprint density at radius 1 is 1.11 bits per heavy atom. The minimum atomic E-state index is -0.313. The number of anilines is 1. The van der Waals surface area contributed by atoms with Crippen LogP contribution < -0.4 is 10.1 Å². The summed E-state index contributed by atoms with van der Waals surface area (Å²) >= 11 is 1.60. The molecule has 0 radical (unpaired) electrons. The molecule has 5 rings (SSSR count). The maximum atomic E-state index is 13.6. The van der Waals surface area contributed by atoms with Gasteiger partial charge >= 0.3 is 0 Å². The number of hydrogen-bond acceptors (Lipinski definition) is 7. The van der Waals surface area contributed by atoms with Gasteiger partial charge in [-0.05, 0) is 43.2 Å². The summed E-state index contributed by atoms with van der Waals surface area (Å²) in [7, 11) is 1.66. The molecule has 1 aliphatic carbocycles. The predicted octanol–water partition coefficient (Wildman–Crippen LogP) is 6.49. The summed E-state index contributed by atoms with van der Waals surface area (Å²) in [6, 6.07) is 14.5. The molecule has 0 spiro atoms. The molecular formula is C26H28FN5O2S. The average molecular weight is 494 g/mol. The van der Waals surface area contributed by atoms with Gasteiger partial charge < -0.3 is 19.0 Å². The standard InChI is InChI=1S/C26H28FN5O2S/c1-33-23-12-6-9-20(14-23)28-15-24-30-31-26(32(24)22-10-3-2-4-11-22)35-17-21-16-34-25(29-21)18-7-5-8-19(27)13-18/h5-9,12-14,16,22,28H,2-4,10-11,15,17H2,1H3. The van der Waals surface area contributed by atoms with Crippen LogP contribution in [0.25, 0.3) is 11.5 Å². The van der Waals surface area contributed by atoms with E-state index < -0.39 is 0 Å². The van der Waals surface area contributed by atoms with E-state index >= 15 is 0 Å². The molecule has 9 heteroatoms. The Kier molecular flexibility index (Phi) is 7.32. The molecule has 0 unspecified atom stereocenters. The van der Waals surface area contributed by atoms with Crippen molar-refractivity contribution in [1.82, 2.24) is 19.7 Å². The number of hydrogen-bond donors (Lipinski definition) is 1. The number of rotatable bonds is 9. The summed E-state index contributed by atoms with van der Waals surface area (Å²) in [6.07, 6.45) is 7.60. The first-order valence-electron chi connectivity index (χ1n) is 11.8. The van der Waals surface area contributed by atoms with Crippen LogP contribution in [-0.2, 0) is 12.3 Å². The number of thioether (sulfide) groups is 1. The fourth-order valence-electron chi connectivity index (χ4n) is 4.41. The lowest BCUT2D eigenvalue weighted by Crippen LogP contribution is -2.18. The number of halogens is 1. The molecule has 35 heavy (non-hydrogen) atoms. The molecular weight excluding hydrogens is 465 g/mol. The van der Waals surface area contributed by atoms with Crippen LogP contribution in [0, 0.1) is 5.82 Å². The normalized spacial score (nSPS) is 14.2. The van der Waals surface area contributed by atoms with Crippen LogP contribution in [0.2, 0.25) is 0 Å². The fraction of sp³-hybridized carbons (Fsp3) is 0.346. The molecule has 0 atom stereocenters. The van der Waals surface area contributed by atoms with E-state index in [9.17, 15) is 4.39 Å². The van der Waals surface area contributed by atoms with Gasteiger partial charge in [0.05, 0.1) is 19.3 Å². The average Bonchev–Trinajstić information content (AvgIpc) is 3.54. The third-order valence-corrected chi connectivity index (χ3v) is 7.14. The number of ether oxygens (including phenoxy) is 1. The predicted molar refractivity (Wildman–Crippen MR) is 134 cm³/mol. The second-order valence-electron chi connectivity index (χ2n) is 8.59. The van der Waals surface area contributed by atoms with Gasteiger partial charge in [0.15, 0.2) is 11.0 Å². The first-order chi connectivity index (χ1) is 17.2. The van der Waals surface area contributed by atoms with E-state index in [-0.39, 0.29) is 5.82 Å². The van der Waals surface area contributed by atoms with Gasteiger partial charge in [0.25, 0.3) is 0 Å². The highest BCUT2D eigenvalue weighted by molar-refractivity contribution is 7.98. The molecule has 4 aromatic rings. The smallest absolute Gasteiger partial charge is 0.226 e. The van der Waals surface area contributed by atoms with Crippen LogP contribution in [0.5, 0.6) is 5.75 Å². The molecule has 7 nitrogen and oxygen atoms in total. The van der Waals surface area contributed by atoms with Gasteiger partial charge in [0.1, 0.15) is 17.8 Å². The first kappa shape index (κ1) is 23.4. The Morgan fingerprint density at radius 2 is 1.97 bits per heavy atom. The maximum absolute atomic E-state index is 13.6. The topological polar surface area (TPSA) is 78.0 Å². The SMILES string of the molecule is COc1cccc(NCc2nnc(SCc3coc(-c4cccc(F)c4)n3)n2C2CCCCC2)c1. The highest BCUT2D eigenvalue weighted by Gasteiger charge is 2.23. The molecule has 2 aromatic heterocycles. The van der Waals surface area contributed by atoms with Crippen molar-refractivity contribution in [2.75, 3.05) is 12.4 Å². The molecule has 1 N–H and O–H groups in total. The molecule has 1 aliphatic rings. The minimum absolute atomic E-state index is 0.313. The molecule has 0 bridgehead atoms. The number of oxazole rings is 1. The van der Waals surface area contributed by atoms with E-state index in [0.717, 1.165) is 41.0 Å². The van der Waals surface area contributed by atoms with Gasteiger partial charge in [-0.15, -0.1) is 10.2 Å². The Hall–Kier alpha value is -3.33. The third kappa shape index (κ3) is 5.67. The van der Waals surface area contributed by atoms with E-state index in [4.69, 9.17) is 9.15 Å². The van der Waals surface area contributed by atoms with Crippen molar-refractivity contribution < 1.29 is 13.5 Å². The van der Waals surface area contributed by atoms with E-state index in [0.29, 0.717) is 29.8 Å². The van der Waals surface area contributed by atoms with Gasteiger partial charge in [-0.2, -0.15) is 0 Å². The molecule has 2 heterocycles. The summed E-state index contributed by atoms with van der Waals surface area (Å²) in [5, 5.41) is 13.4. The number of benzene rings is 2. The van der Waals surface area contributed by atoms with Gasteiger partial charge in [-0.3, -0.25) is 0 Å². The van der Waals surface area contributed by atoms with Crippen LogP contribution in [0.3, 0.4) is 0 Å². The van der Waals surface area contributed by atoms with Crippen molar-refractivity contribution >= 4 is 17.4 Å². The third-order valence-electron chi connectivity index (χ3n) is 6.17. The fourth-order valence-corrected chi connectivity index (χ4v) is 5.31. The Labute approximate surface area is 208 Å². The molecule has 1 fully saturated rings. The van der Waals surface area contributed by atoms with Gasteiger partial charge in [-0.1, -0.05) is 43.2 Å². The van der Waals surface area contributed by atoms with E-state index in [2.05, 4.69) is 25.1 Å². The van der Waals surface area contributed by atoms with Crippen molar-refractivity contribution in [3.63, 3.8) is 0 Å². The van der Waals surface area contributed by atoms with Crippen molar-refractivity contribution in [2.24, 2.45) is 0 Å². The number of aromatic nitrogens is 4. The summed E-state index contributed by atoms with van der Waals surface area (Å²) in [5.74, 6) is 2.42.